The van der Waals surface area contributed by atoms with Crippen LogP contribution in [0.1, 0.15) is 27.0 Å². The van der Waals surface area contributed by atoms with E-state index in [0.29, 0.717) is 10.0 Å². The smallest absolute Gasteiger partial charge is 0.249 e. The number of hydrogen-bond acceptors (Lipinski definition) is 3. The number of nitrogens with one attached hydrogen (secondary N) is 2. The van der Waals surface area contributed by atoms with Crippen LogP contribution in [0.2, 0.25) is 0 Å². The van der Waals surface area contributed by atoms with Gasteiger partial charge in [0.15, 0.2) is 0 Å². The lowest BCUT2D eigenvalue weighted by Crippen LogP contribution is -2.11. The van der Waals surface area contributed by atoms with Gasteiger partial charge in [-0.25, -0.2) is 0 Å². The monoisotopic (exact) mass is 345 g/mol. The molecule has 5 heteroatoms. The first-order valence-electron chi connectivity index (χ1n) is 6.78. The molecule has 2 aromatic rings. The summed E-state index contributed by atoms with van der Waals surface area (Å²) in [5.41, 5.74) is 10.7. The quantitative estimate of drug-likeness (QED) is 0.798. The van der Waals surface area contributed by atoms with Crippen molar-refractivity contribution in [2.24, 2.45) is 5.73 Å². The Labute approximate surface area is 131 Å². The molecule has 0 spiro atoms. The maximum atomic E-state index is 11.2. The average molecular weight is 346 g/mol. The number of rotatable bonds is 4. The highest BCUT2D eigenvalue weighted by molar-refractivity contribution is 9.10. The van der Waals surface area contributed by atoms with Crippen LogP contribution < -0.4 is 16.4 Å². The largest absolute Gasteiger partial charge is 0.381 e. The van der Waals surface area contributed by atoms with Gasteiger partial charge in [-0.1, -0.05) is 18.2 Å². The Kier molecular flexibility index (Phi) is 3.94. The molecule has 0 atom stereocenters. The molecule has 0 saturated carbocycles. The highest BCUT2D eigenvalue weighted by Crippen LogP contribution is 2.22. The number of hydrogen-bond donors (Lipinski definition) is 3. The number of halogens is 1. The second kappa shape index (κ2) is 5.87. The summed E-state index contributed by atoms with van der Waals surface area (Å²) in [7, 11) is 0. The van der Waals surface area contributed by atoms with Crippen LogP contribution in [0.15, 0.2) is 40.9 Å². The first-order chi connectivity index (χ1) is 10.1. The third-order valence-electron chi connectivity index (χ3n) is 3.63. The van der Waals surface area contributed by atoms with Gasteiger partial charge in [0.2, 0.25) is 5.91 Å². The lowest BCUT2D eigenvalue weighted by Gasteiger charge is -2.09. The first kappa shape index (κ1) is 14.1. The van der Waals surface area contributed by atoms with E-state index in [2.05, 4.69) is 44.8 Å². The summed E-state index contributed by atoms with van der Waals surface area (Å²) in [6.45, 7) is 2.65. The molecule has 1 amide bonds. The minimum Gasteiger partial charge on any atom is -0.381 e. The molecule has 2 aromatic carbocycles. The molecule has 21 heavy (non-hydrogen) atoms. The third-order valence-corrected chi connectivity index (χ3v) is 4.29. The molecule has 0 unspecified atom stereocenters. The molecular formula is C16H16BrN3O. The zero-order chi connectivity index (χ0) is 14.8. The minimum atomic E-state index is -0.431. The van der Waals surface area contributed by atoms with Crippen molar-refractivity contribution in [1.29, 1.82) is 0 Å². The number of fused-ring (bicyclic) bond motifs is 1. The summed E-state index contributed by atoms with van der Waals surface area (Å²) in [5, 5.41) is 6.70. The molecule has 1 aliphatic rings. The van der Waals surface area contributed by atoms with E-state index in [9.17, 15) is 4.79 Å². The van der Waals surface area contributed by atoms with E-state index in [1.165, 1.54) is 16.7 Å². The Morgan fingerprint density at radius 2 is 2.00 bits per heavy atom. The van der Waals surface area contributed by atoms with Crippen molar-refractivity contribution in [2.45, 2.75) is 19.6 Å². The molecule has 0 fully saturated rings. The average Bonchev–Trinajstić information content (AvgIpc) is 2.92. The Balaban J connectivity index is 1.70. The molecule has 108 valence electrons. The third kappa shape index (κ3) is 3.09. The second-order valence-electron chi connectivity index (χ2n) is 5.12. The van der Waals surface area contributed by atoms with Crippen LogP contribution in [0.5, 0.6) is 0 Å². The van der Waals surface area contributed by atoms with Crippen LogP contribution in [0.4, 0.5) is 5.69 Å². The van der Waals surface area contributed by atoms with E-state index in [-0.39, 0.29) is 0 Å². The maximum Gasteiger partial charge on any atom is 0.249 e. The Bertz CT molecular complexity index is 700. The van der Waals surface area contributed by atoms with Gasteiger partial charge in [-0.3, -0.25) is 4.79 Å². The van der Waals surface area contributed by atoms with Gasteiger partial charge in [-0.15, -0.1) is 0 Å². The molecule has 0 saturated heterocycles. The Hall–Kier alpha value is -1.85. The van der Waals surface area contributed by atoms with Gasteiger partial charge in [0.05, 0.1) is 5.56 Å². The fourth-order valence-corrected chi connectivity index (χ4v) is 3.06. The number of benzene rings is 2. The summed E-state index contributed by atoms with van der Waals surface area (Å²) in [4.78, 5) is 11.2. The van der Waals surface area contributed by atoms with Crippen LogP contribution >= 0.6 is 15.9 Å². The zero-order valence-corrected chi connectivity index (χ0v) is 13.0. The lowest BCUT2D eigenvalue weighted by atomic mass is 10.1. The molecule has 4 N–H and O–H groups in total. The predicted molar refractivity (Wildman–Crippen MR) is 87.0 cm³/mol. The van der Waals surface area contributed by atoms with Gasteiger partial charge in [0.1, 0.15) is 0 Å². The van der Waals surface area contributed by atoms with E-state index in [1.54, 1.807) is 6.07 Å². The zero-order valence-electron chi connectivity index (χ0n) is 11.4. The van der Waals surface area contributed by atoms with Crippen LogP contribution in [-0.2, 0) is 19.6 Å². The SMILES string of the molecule is NC(=O)c1ccc(NCc2ccc3c(c2)CNC3)cc1Br. The van der Waals surface area contributed by atoms with Crippen molar-refractivity contribution >= 4 is 27.5 Å². The van der Waals surface area contributed by atoms with E-state index >= 15 is 0 Å². The van der Waals surface area contributed by atoms with Gasteiger partial charge < -0.3 is 16.4 Å². The summed E-state index contributed by atoms with van der Waals surface area (Å²) in [6, 6.07) is 12.0. The van der Waals surface area contributed by atoms with Crippen molar-refractivity contribution in [3.05, 3.63) is 63.1 Å². The summed E-state index contributed by atoms with van der Waals surface area (Å²) >= 11 is 3.37. The molecule has 3 rings (SSSR count). The topological polar surface area (TPSA) is 67.2 Å². The van der Waals surface area contributed by atoms with E-state index in [1.807, 2.05) is 12.1 Å². The van der Waals surface area contributed by atoms with E-state index in [4.69, 9.17) is 5.73 Å². The van der Waals surface area contributed by atoms with Crippen LogP contribution in [-0.4, -0.2) is 5.91 Å². The predicted octanol–water partition coefficient (Wildman–Crippen LogP) is 2.76. The van der Waals surface area contributed by atoms with Crippen molar-refractivity contribution < 1.29 is 4.79 Å². The van der Waals surface area contributed by atoms with Crippen LogP contribution in [0.3, 0.4) is 0 Å². The van der Waals surface area contributed by atoms with E-state index in [0.717, 1.165) is 25.3 Å². The summed E-state index contributed by atoms with van der Waals surface area (Å²) < 4.78 is 0.707. The normalized spacial score (nSPS) is 13.0. The van der Waals surface area contributed by atoms with Gasteiger partial charge in [-0.05, 0) is 50.8 Å². The minimum absolute atomic E-state index is 0.431. The molecule has 4 nitrogen and oxygen atoms in total. The van der Waals surface area contributed by atoms with E-state index < -0.39 is 5.91 Å². The van der Waals surface area contributed by atoms with Crippen molar-refractivity contribution in [3.8, 4) is 0 Å². The molecule has 1 heterocycles. The number of amides is 1. The highest BCUT2D eigenvalue weighted by atomic mass is 79.9. The Morgan fingerprint density at radius 1 is 1.19 bits per heavy atom. The van der Waals surface area contributed by atoms with Crippen LogP contribution in [0, 0.1) is 0 Å². The fraction of sp³-hybridized carbons (Fsp3) is 0.188. The van der Waals surface area contributed by atoms with Crippen molar-refractivity contribution in [1.82, 2.24) is 5.32 Å². The number of carbonyl (C=O) groups is 1. The number of nitrogens with two attached hydrogens (primary N) is 1. The maximum absolute atomic E-state index is 11.2. The second-order valence-corrected chi connectivity index (χ2v) is 5.97. The van der Waals surface area contributed by atoms with Gasteiger partial charge in [0.25, 0.3) is 0 Å². The van der Waals surface area contributed by atoms with Crippen LogP contribution in [0.25, 0.3) is 0 Å². The van der Waals surface area contributed by atoms with Gasteiger partial charge >= 0.3 is 0 Å². The number of carbonyl (C=O) groups excluding carboxylic acids is 1. The molecule has 0 aromatic heterocycles. The highest BCUT2D eigenvalue weighted by Gasteiger charge is 2.10. The molecule has 0 bridgehead atoms. The summed E-state index contributed by atoms with van der Waals surface area (Å²) in [6.07, 6.45) is 0. The van der Waals surface area contributed by atoms with Gasteiger partial charge in [0, 0.05) is 29.8 Å². The Morgan fingerprint density at radius 3 is 2.76 bits per heavy atom. The standard InChI is InChI=1S/C16H16BrN3O/c17-15-6-13(3-4-14(15)16(18)21)20-7-10-1-2-11-8-19-9-12(11)5-10/h1-6,19-20H,7-9H2,(H2,18,21). The fourth-order valence-electron chi connectivity index (χ4n) is 2.49. The van der Waals surface area contributed by atoms with Crippen molar-refractivity contribution in [3.63, 3.8) is 0 Å². The summed E-state index contributed by atoms with van der Waals surface area (Å²) in [5.74, 6) is -0.431. The number of primary amides is 1. The van der Waals surface area contributed by atoms with Crippen molar-refractivity contribution in [2.75, 3.05) is 5.32 Å². The number of anilines is 1. The van der Waals surface area contributed by atoms with Gasteiger partial charge in [-0.2, -0.15) is 0 Å². The lowest BCUT2D eigenvalue weighted by molar-refractivity contribution is 0.0999. The molecule has 1 aliphatic heterocycles. The molecule has 0 aliphatic carbocycles. The first-order valence-corrected chi connectivity index (χ1v) is 7.57. The molecular weight excluding hydrogens is 330 g/mol. The molecule has 0 radical (unpaired) electrons.